The van der Waals surface area contributed by atoms with Crippen molar-refractivity contribution >= 4 is 29.4 Å². The smallest absolute Gasteiger partial charge is 0.312 e. The summed E-state index contributed by atoms with van der Waals surface area (Å²) in [6.07, 6.45) is 2.39. The van der Waals surface area contributed by atoms with Crippen LogP contribution in [-0.4, -0.2) is 30.0 Å². The van der Waals surface area contributed by atoms with Gasteiger partial charge < -0.3 is 16.4 Å². The molecule has 0 aromatic heterocycles. The molecule has 20 heavy (non-hydrogen) atoms. The molecular weight excluding hydrogens is 276 g/mol. The number of nitrogens with one attached hydrogen (secondary N) is 2. The minimum Gasteiger partial charge on any atom is -0.352 e. The van der Waals surface area contributed by atoms with Crippen LogP contribution in [0.25, 0.3) is 0 Å². The van der Waals surface area contributed by atoms with Crippen molar-refractivity contribution in [2.75, 3.05) is 17.3 Å². The monoisotopic (exact) mass is 292 g/mol. The lowest BCUT2D eigenvalue weighted by molar-refractivity contribution is -0.117. The van der Waals surface area contributed by atoms with Gasteiger partial charge in [0.2, 0.25) is 5.91 Å². The maximum Gasteiger partial charge on any atom is 0.312 e. The van der Waals surface area contributed by atoms with Crippen LogP contribution in [-0.2, 0) is 4.79 Å². The Bertz CT molecular complexity index is 527. The van der Waals surface area contributed by atoms with E-state index in [2.05, 4.69) is 10.6 Å². The van der Waals surface area contributed by atoms with Crippen LogP contribution in [0.15, 0.2) is 24.3 Å². The van der Waals surface area contributed by atoms with Crippen LogP contribution < -0.4 is 16.4 Å². The molecule has 0 bridgehead atoms. The molecule has 1 aromatic carbocycles. The molecule has 0 radical (unpaired) electrons. The van der Waals surface area contributed by atoms with Crippen molar-refractivity contribution in [2.45, 2.75) is 12.5 Å². The average molecular weight is 292 g/mol. The lowest BCUT2D eigenvalue weighted by Crippen LogP contribution is -2.46. The van der Waals surface area contributed by atoms with Crippen LogP contribution in [0, 0.1) is 11.3 Å². The molecule has 1 rings (SSSR count). The molecule has 0 aliphatic carbocycles. The number of benzene rings is 1. The highest BCUT2D eigenvalue weighted by molar-refractivity contribution is 7.98. The third kappa shape index (κ3) is 5.20. The molecule has 0 saturated heterocycles. The second kappa shape index (κ2) is 8.07. The summed E-state index contributed by atoms with van der Waals surface area (Å²) >= 11 is 1.57. The lowest BCUT2D eigenvalue weighted by Gasteiger charge is -2.16. The molecule has 0 aliphatic rings. The zero-order chi connectivity index (χ0) is 15.0. The summed E-state index contributed by atoms with van der Waals surface area (Å²) < 4.78 is 0. The Hall–Kier alpha value is -2.20. The van der Waals surface area contributed by atoms with Crippen molar-refractivity contribution < 1.29 is 9.59 Å². The number of anilines is 1. The van der Waals surface area contributed by atoms with E-state index in [-0.39, 0.29) is 5.91 Å². The molecule has 0 unspecified atom stereocenters. The second-order valence-corrected chi connectivity index (χ2v) is 5.01. The summed E-state index contributed by atoms with van der Waals surface area (Å²) in [7, 11) is 0. The van der Waals surface area contributed by atoms with Gasteiger partial charge in [0.25, 0.3) is 0 Å². The number of rotatable bonds is 6. The normalized spacial score (nSPS) is 11.2. The fourth-order valence-corrected chi connectivity index (χ4v) is 2.04. The van der Waals surface area contributed by atoms with E-state index >= 15 is 0 Å². The van der Waals surface area contributed by atoms with Crippen LogP contribution in [0.5, 0.6) is 0 Å². The molecule has 0 spiro atoms. The zero-order valence-electron chi connectivity index (χ0n) is 11.1. The van der Waals surface area contributed by atoms with Crippen LogP contribution >= 0.6 is 11.8 Å². The number of primary amides is 1. The summed E-state index contributed by atoms with van der Waals surface area (Å²) in [6, 6.07) is 7.12. The predicted molar refractivity (Wildman–Crippen MR) is 79.3 cm³/mol. The van der Waals surface area contributed by atoms with E-state index in [4.69, 9.17) is 11.0 Å². The molecule has 6 nitrogen and oxygen atoms in total. The summed E-state index contributed by atoms with van der Waals surface area (Å²) in [6.45, 7) is 0. The van der Waals surface area contributed by atoms with Gasteiger partial charge in [-0.3, -0.25) is 4.79 Å². The molecule has 1 atom stereocenters. The number of nitriles is 1. The largest absolute Gasteiger partial charge is 0.352 e. The first-order valence-corrected chi connectivity index (χ1v) is 7.32. The Morgan fingerprint density at radius 3 is 2.85 bits per heavy atom. The van der Waals surface area contributed by atoms with Gasteiger partial charge >= 0.3 is 6.03 Å². The number of thioether (sulfide) groups is 1. The van der Waals surface area contributed by atoms with Gasteiger partial charge in [0.05, 0.1) is 11.6 Å². The summed E-state index contributed by atoms with van der Waals surface area (Å²) in [5.41, 5.74) is 6.02. The minimum absolute atomic E-state index is 0.354. The van der Waals surface area contributed by atoms with Gasteiger partial charge in [0, 0.05) is 5.69 Å². The van der Waals surface area contributed by atoms with Crippen LogP contribution in [0.1, 0.15) is 12.0 Å². The fourth-order valence-electron chi connectivity index (χ4n) is 1.57. The van der Waals surface area contributed by atoms with Gasteiger partial charge in [-0.05, 0) is 36.6 Å². The Balaban J connectivity index is 2.73. The first-order chi connectivity index (χ1) is 9.56. The van der Waals surface area contributed by atoms with Gasteiger partial charge in [-0.25, -0.2) is 4.79 Å². The molecule has 0 saturated carbocycles. The third-order valence-electron chi connectivity index (χ3n) is 2.50. The van der Waals surface area contributed by atoms with E-state index in [0.29, 0.717) is 17.7 Å². The van der Waals surface area contributed by atoms with Crippen molar-refractivity contribution in [1.29, 1.82) is 5.26 Å². The highest BCUT2D eigenvalue weighted by atomic mass is 32.2. The summed E-state index contributed by atoms with van der Waals surface area (Å²) in [5, 5.41) is 13.9. The maximum absolute atomic E-state index is 12.1. The second-order valence-electron chi connectivity index (χ2n) is 4.02. The Morgan fingerprint density at radius 1 is 1.50 bits per heavy atom. The van der Waals surface area contributed by atoms with Gasteiger partial charge in [0.15, 0.2) is 0 Å². The lowest BCUT2D eigenvalue weighted by atomic mass is 10.2. The molecule has 1 aromatic rings. The third-order valence-corrected chi connectivity index (χ3v) is 3.15. The summed E-state index contributed by atoms with van der Waals surface area (Å²) in [5.74, 6) is 0.365. The highest BCUT2D eigenvalue weighted by Crippen LogP contribution is 2.11. The highest BCUT2D eigenvalue weighted by Gasteiger charge is 2.19. The van der Waals surface area contributed by atoms with Gasteiger partial charge in [0.1, 0.15) is 6.04 Å². The first-order valence-electron chi connectivity index (χ1n) is 5.92. The van der Waals surface area contributed by atoms with E-state index in [0.717, 1.165) is 5.75 Å². The molecule has 0 aliphatic heterocycles. The van der Waals surface area contributed by atoms with E-state index < -0.39 is 12.1 Å². The molecule has 0 fully saturated rings. The Morgan fingerprint density at radius 2 is 2.25 bits per heavy atom. The number of hydrogen-bond acceptors (Lipinski definition) is 4. The molecule has 3 amide bonds. The van der Waals surface area contributed by atoms with Gasteiger partial charge in [-0.1, -0.05) is 6.07 Å². The van der Waals surface area contributed by atoms with Crippen molar-refractivity contribution in [3.8, 4) is 6.07 Å². The average Bonchev–Trinajstić information content (AvgIpc) is 2.43. The molecule has 106 valence electrons. The van der Waals surface area contributed by atoms with E-state index in [1.807, 2.05) is 12.3 Å². The number of carbonyl (C=O) groups excluding carboxylic acids is 2. The van der Waals surface area contributed by atoms with E-state index in [9.17, 15) is 9.59 Å². The van der Waals surface area contributed by atoms with Crippen LogP contribution in [0.2, 0.25) is 0 Å². The Kier molecular flexibility index (Phi) is 6.40. The number of hydrogen-bond donors (Lipinski definition) is 3. The first kappa shape index (κ1) is 15.9. The van der Waals surface area contributed by atoms with Crippen molar-refractivity contribution in [3.63, 3.8) is 0 Å². The summed E-state index contributed by atoms with van der Waals surface area (Å²) in [4.78, 5) is 23.0. The number of nitrogens with zero attached hydrogens (tertiary/aromatic N) is 1. The van der Waals surface area contributed by atoms with Crippen LogP contribution in [0.4, 0.5) is 10.5 Å². The number of nitrogens with two attached hydrogens (primary N) is 1. The SMILES string of the molecule is CSCC[C@@H](NC(N)=O)C(=O)Nc1cccc(C#N)c1. The molecular formula is C13H16N4O2S. The number of carbonyl (C=O) groups is 2. The van der Waals surface area contributed by atoms with Crippen molar-refractivity contribution in [3.05, 3.63) is 29.8 Å². The van der Waals surface area contributed by atoms with Gasteiger partial charge in [-0.15, -0.1) is 0 Å². The maximum atomic E-state index is 12.1. The zero-order valence-corrected chi connectivity index (χ0v) is 11.9. The molecule has 4 N–H and O–H groups in total. The topological polar surface area (TPSA) is 108 Å². The predicted octanol–water partition coefficient (Wildman–Crippen LogP) is 1.29. The molecule has 7 heteroatoms. The van der Waals surface area contributed by atoms with E-state index in [1.165, 1.54) is 0 Å². The molecule has 0 heterocycles. The van der Waals surface area contributed by atoms with E-state index in [1.54, 1.807) is 36.0 Å². The number of urea groups is 1. The van der Waals surface area contributed by atoms with Crippen molar-refractivity contribution in [2.24, 2.45) is 5.73 Å². The minimum atomic E-state index is -0.739. The quantitative estimate of drug-likeness (QED) is 0.734. The Labute approximate surface area is 121 Å². The number of amides is 3. The fraction of sp³-hybridized carbons (Fsp3) is 0.308. The van der Waals surface area contributed by atoms with Crippen molar-refractivity contribution in [1.82, 2.24) is 5.32 Å². The van der Waals surface area contributed by atoms with Crippen LogP contribution in [0.3, 0.4) is 0 Å². The van der Waals surface area contributed by atoms with Gasteiger partial charge in [-0.2, -0.15) is 17.0 Å². The standard InChI is InChI=1S/C13H16N4O2S/c1-20-6-5-11(17-13(15)19)12(18)16-10-4-2-3-9(7-10)8-14/h2-4,7,11H,5-6H2,1H3,(H,16,18)(H3,15,17,19)/t11-/m1/s1.